The third kappa shape index (κ3) is 7.28. The Morgan fingerprint density at radius 2 is 1.73 bits per heavy atom. The van der Waals surface area contributed by atoms with Crippen LogP contribution in [0.3, 0.4) is 0 Å². The maximum Gasteiger partial charge on any atom is 0.277 e. The number of halogens is 1. The van der Waals surface area contributed by atoms with Crippen LogP contribution in [0.4, 0.5) is 0 Å². The van der Waals surface area contributed by atoms with Crippen LogP contribution in [0, 0.1) is 0 Å². The number of hydrazone groups is 1. The summed E-state index contributed by atoms with van der Waals surface area (Å²) in [7, 11) is 0. The maximum absolute atomic E-state index is 12.6. The number of hydrogen-bond donors (Lipinski definition) is 1. The Balaban J connectivity index is 1.01. The van der Waals surface area contributed by atoms with Crippen LogP contribution in [-0.4, -0.2) is 23.7 Å². The smallest absolute Gasteiger partial charge is 0.277 e. The second kappa shape index (κ2) is 13.5. The average molecular weight is 667 g/mol. The summed E-state index contributed by atoms with van der Waals surface area (Å²) in [5.74, 6) is 1.05. The van der Waals surface area contributed by atoms with E-state index in [4.69, 9.17) is 13.9 Å². The minimum absolute atomic E-state index is 0.160. The molecule has 6 rings (SSSR count). The second-order valence-electron chi connectivity index (χ2n) is 9.59. The van der Waals surface area contributed by atoms with Gasteiger partial charge in [0.15, 0.2) is 12.0 Å². The molecule has 0 saturated heterocycles. The van der Waals surface area contributed by atoms with Crippen molar-refractivity contribution in [2.24, 2.45) is 5.10 Å². The molecular weight excluding hydrogens is 642 g/mol. The molecular formula is C34H24BrN3O5S. The van der Waals surface area contributed by atoms with E-state index in [9.17, 15) is 9.59 Å². The summed E-state index contributed by atoms with van der Waals surface area (Å²) in [6.07, 6.45) is 1.52. The van der Waals surface area contributed by atoms with E-state index in [0.29, 0.717) is 34.8 Å². The highest BCUT2D eigenvalue weighted by molar-refractivity contribution is 9.10. The Labute approximate surface area is 264 Å². The molecule has 0 bridgehead atoms. The lowest BCUT2D eigenvalue weighted by atomic mass is 10.1. The average Bonchev–Trinajstić information content (AvgIpc) is 3.53. The lowest BCUT2D eigenvalue weighted by Crippen LogP contribution is -2.24. The summed E-state index contributed by atoms with van der Waals surface area (Å²) in [6, 6.07) is 31.0. The number of carbonyl (C=O) groups is 1. The lowest BCUT2D eigenvalue weighted by molar-refractivity contribution is -0.123. The van der Waals surface area contributed by atoms with Crippen molar-refractivity contribution >= 4 is 50.4 Å². The number of ether oxygens (including phenoxy) is 2. The van der Waals surface area contributed by atoms with Crippen LogP contribution in [0.5, 0.6) is 11.5 Å². The van der Waals surface area contributed by atoms with E-state index in [2.05, 4.69) is 31.4 Å². The van der Waals surface area contributed by atoms with Crippen LogP contribution in [0.1, 0.15) is 11.3 Å². The molecule has 0 aliphatic heterocycles. The van der Waals surface area contributed by atoms with Gasteiger partial charge in [0.2, 0.25) is 0 Å². The van der Waals surface area contributed by atoms with Crippen molar-refractivity contribution in [3.63, 3.8) is 0 Å². The molecule has 0 unspecified atom stereocenters. The van der Waals surface area contributed by atoms with Gasteiger partial charge in [-0.1, -0.05) is 70.5 Å². The zero-order chi connectivity index (χ0) is 30.3. The first kappa shape index (κ1) is 29.0. The van der Waals surface area contributed by atoms with E-state index in [1.807, 2.05) is 84.2 Å². The van der Waals surface area contributed by atoms with Crippen LogP contribution in [0.25, 0.3) is 32.9 Å². The van der Waals surface area contributed by atoms with Gasteiger partial charge in [-0.15, -0.1) is 11.3 Å². The van der Waals surface area contributed by atoms with Crippen molar-refractivity contribution in [3.05, 3.63) is 134 Å². The zero-order valence-corrected chi connectivity index (χ0v) is 25.5. The maximum atomic E-state index is 12.6. The highest BCUT2D eigenvalue weighted by atomic mass is 79.9. The minimum atomic E-state index is -0.446. The molecule has 6 aromatic rings. The molecule has 0 aliphatic carbocycles. The van der Waals surface area contributed by atoms with Crippen molar-refractivity contribution in [2.75, 3.05) is 6.61 Å². The van der Waals surface area contributed by atoms with Crippen molar-refractivity contribution in [2.45, 2.75) is 6.61 Å². The Hall–Kier alpha value is -5.06. The molecule has 0 spiro atoms. The Morgan fingerprint density at radius 1 is 0.909 bits per heavy atom. The molecule has 218 valence electrons. The van der Waals surface area contributed by atoms with Crippen LogP contribution in [0.2, 0.25) is 0 Å². The molecule has 10 heteroatoms. The first-order chi connectivity index (χ1) is 21.5. The molecule has 0 fully saturated rings. The predicted molar refractivity (Wildman–Crippen MR) is 175 cm³/mol. The third-order valence-corrected chi connectivity index (χ3v) is 7.89. The minimum Gasteiger partial charge on any atom is -0.487 e. The first-order valence-corrected chi connectivity index (χ1v) is 15.2. The number of nitrogens with one attached hydrogen (secondary N) is 1. The van der Waals surface area contributed by atoms with Gasteiger partial charge < -0.3 is 13.9 Å². The molecule has 0 atom stereocenters. The fraction of sp³-hybridized carbons (Fsp3) is 0.0588. The summed E-state index contributed by atoms with van der Waals surface area (Å²) in [4.78, 5) is 29.6. The highest BCUT2D eigenvalue weighted by Crippen LogP contribution is 2.27. The molecule has 0 aliphatic rings. The van der Waals surface area contributed by atoms with Crippen molar-refractivity contribution < 1.29 is 18.7 Å². The van der Waals surface area contributed by atoms with Gasteiger partial charge in [-0.25, -0.2) is 10.4 Å². The number of fused-ring (bicyclic) bond motifs is 1. The van der Waals surface area contributed by atoms with E-state index in [-0.39, 0.29) is 12.0 Å². The first-order valence-electron chi connectivity index (χ1n) is 13.5. The largest absolute Gasteiger partial charge is 0.487 e. The molecule has 4 aromatic carbocycles. The fourth-order valence-corrected chi connectivity index (χ4v) is 5.34. The summed E-state index contributed by atoms with van der Waals surface area (Å²) < 4.78 is 18.5. The quantitative estimate of drug-likeness (QED) is 0.120. The van der Waals surface area contributed by atoms with Gasteiger partial charge in [-0.2, -0.15) is 5.10 Å². The zero-order valence-electron chi connectivity index (χ0n) is 23.1. The Kier molecular flexibility index (Phi) is 8.90. The number of nitrogens with zero attached hydrogens (tertiary/aromatic N) is 2. The van der Waals surface area contributed by atoms with Crippen molar-refractivity contribution in [1.82, 2.24) is 10.4 Å². The SMILES string of the molecule is O=C(COc1ccc2c(=O)cc(-c3ccccc3)oc2c1)N/N=C/c1cccc(OCc2csc(-c3ccc(Br)cc3)n2)c1. The molecule has 1 amide bonds. The topological polar surface area (TPSA) is 103 Å². The fourth-order valence-electron chi connectivity index (χ4n) is 4.27. The monoisotopic (exact) mass is 665 g/mol. The number of carbonyl (C=O) groups excluding carboxylic acids is 1. The third-order valence-electron chi connectivity index (χ3n) is 6.42. The van der Waals surface area contributed by atoms with Crippen LogP contribution in [0.15, 0.2) is 127 Å². The van der Waals surface area contributed by atoms with E-state index in [1.165, 1.54) is 12.3 Å². The molecule has 44 heavy (non-hydrogen) atoms. The van der Waals surface area contributed by atoms with Crippen LogP contribution >= 0.6 is 27.3 Å². The molecule has 0 radical (unpaired) electrons. The molecule has 2 heterocycles. The van der Waals surface area contributed by atoms with Gasteiger partial charge in [0.05, 0.1) is 17.3 Å². The van der Waals surface area contributed by atoms with Crippen molar-refractivity contribution in [1.29, 1.82) is 0 Å². The van der Waals surface area contributed by atoms with Crippen LogP contribution < -0.4 is 20.3 Å². The molecule has 1 N–H and O–H groups in total. The summed E-state index contributed by atoms with van der Waals surface area (Å²) in [6.45, 7) is 0.0535. The van der Waals surface area contributed by atoms with Gasteiger partial charge in [0.1, 0.15) is 34.5 Å². The molecule has 2 aromatic heterocycles. The second-order valence-corrected chi connectivity index (χ2v) is 11.4. The van der Waals surface area contributed by atoms with Crippen molar-refractivity contribution in [3.8, 4) is 33.4 Å². The Bertz CT molecular complexity index is 2010. The number of rotatable bonds is 10. The number of benzene rings is 4. The number of aromatic nitrogens is 1. The van der Waals surface area contributed by atoms with E-state index < -0.39 is 5.91 Å². The van der Waals surface area contributed by atoms with Gasteiger partial charge in [-0.05, 0) is 42.0 Å². The van der Waals surface area contributed by atoms with E-state index >= 15 is 0 Å². The lowest BCUT2D eigenvalue weighted by Gasteiger charge is -2.07. The normalized spacial score (nSPS) is 11.1. The highest BCUT2D eigenvalue weighted by Gasteiger charge is 2.10. The number of amides is 1. The van der Waals surface area contributed by atoms with Gasteiger partial charge in [-0.3, -0.25) is 9.59 Å². The summed E-state index contributed by atoms with van der Waals surface area (Å²) >= 11 is 5.02. The predicted octanol–water partition coefficient (Wildman–Crippen LogP) is 7.45. The summed E-state index contributed by atoms with van der Waals surface area (Å²) in [5.41, 5.74) is 6.09. The van der Waals surface area contributed by atoms with Gasteiger partial charge in [0, 0.05) is 33.1 Å². The number of hydrogen-bond acceptors (Lipinski definition) is 8. The van der Waals surface area contributed by atoms with E-state index in [1.54, 1.807) is 29.5 Å². The van der Waals surface area contributed by atoms with Gasteiger partial charge in [0.25, 0.3) is 5.91 Å². The van der Waals surface area contributed by atoms with Gasteiger partial charge >= 0.3 is 0 Å². The van der Waals surface area contributed by atoms with E-state index in [0.717, 1.165) is 31.9 Å². The molecule has 8 nitrogen and oxygen atoms in total. The number of thiazole rings is 1. The molecule has 0 saturated carbocycles. The summed E-state index contributed by atoms with van der Waals surface area (Å²) in [5, 5.41) is 7.37. The van der Waals surface area contributed by atoms with Crippen LogP contribution in [-0.2, 0) is 11.4 Å². The Morgan fingerprint density at radius 3 is 2.57 bits per heavy atom. The standard InChI is InChI=1S/C34H24BrN3O5S/c35-25-11-9-24(10-12-25)34-37-26(21-44-34)19-41-27-8-4-5-22(15-27)18-36-38-33(40)20-42-28-13-14-29-30(39)17-31(43-32(29)16-28)23-6-2-1-3-7-23/h1-18,21H,19-20H2,(H,38,40)/b36-18+.